The lowest BCUT2D eigenvalue weighted by molar-refractivity contribution is -0.384. The molecule has 0 saturated carbocycles. The Morgan fingerprint density at radius 3 is 2.79 bits per heavy atom. The van der Waals surface area contributed by atoms with Gasteiger partial charge in [0.25, 0.3) is 0 Å². The van der Waals surface area contributed by atoms with Crippen molar-refractivity contribution in [2.45, 2.75) is 6.92 Å². The molecular weight excluding hydrogens is 314 g/mol. The fourth-order valence-corrected chi connectivity index (χ4v) is 1.90. The molecule has 0 radical (unpaired) electrons. The van der Waals surface area contributed by atoms with E-state index in [0.29, 0.717) is 10.2 Å². The molecule has 98 valence electrons. The van der Waals surface area contributed by atoms with Crippen LogP contribution in [0.15, 0.2) is 34.9 Å². The van der Waals surface area contributed by atoms with Crippen molar-refractivity contribution in [3.63, 3.8) is 0 Å². The maximum atomic E-state index is 11.0. The molecule has 0 aliphatic heterocycles. The number of hydrogen-bond donors (Lipinski definition) is 2. The van der Waals surface area contributed by atoms with Crippen molar-refractivity contribution in [1.82, 2.24) is 4.98 Å². The van der Waals surface area contributed by atoms with Gasteiger partial charge in [0.05, 0.1) is 4.92 Å². The van der Waals surface area contributed by atoms with Crippen molar-refractivity contribution >= 4 is 33.1 Å². The number of pyridine rings is 1. The number of nitrogens with zero attached hydrogens (tertiary/aromatic N) is 2. The van der Waals surface area contributed by atoms with Crippen molar-refractivity contribution in [2.75, 3.05) is 5.32 Å². The smallest absolute Gasteiger partial charge is 0.312 e. The zero-order valence-corrected chi connectivity index (χ0v) is 11.5. The fourth-order valence-electron chi connectivity index (χ4n) is 1.58. The van der Waals surface area contributed by atoms with Gasteiger partial charge in [-0.15, -0.1) is 0 Å². The van der Waals surface area contributed by atoms with Gasteiger partial charge in [0.15, 0.2) is 0 Å². The van der Waals surface area contributed by atoms with Gasteiger partial charge in [0, 0.05) is 22.4 Å². The molecule has 0 saturated heterocycles. The number of aromatic hydroxyl groups is 1. The highest BCUT2D eigenvalue weighted by Gasteiger charge is 2.16. The summed E-state index contributed by atoms with van der Waals surface area (Å²) >= 11 is 3.15. The summed E-state index contributed by atoms with van der Waals surface area (Å²) in [5.41, 5.74) is 1.29. The Labute approximate surface area is 117 Å². The maximum absolute atomic E-state index is 11.0. The lowest BCUT2D eigenvalue weighted by Crippen LogP contribution is -2.00. The van der Waals surface area contributed by atoms with Gasteiger partial charge in [-0.25, -0.2) is 4.98 Å². The Bertz CT molecular complexity index is 646. The molecular formula is C12H10BrN3O3. The number of nitro groups is 1. The molecule has 0 atom stereocenters. The van der Waals surface area contributed by atoms with E-state index in [1.54, 1.807) is 19.1 Å². The van der Waals surface area contributed by atoms with Crippen LogP contribution in [0.4, 0.5) is 17.2 Å². The van der Waals surface area contributed by atoms with Gasteiger partial charge in [-0.1, -0.05) is 0 Å². The molecule has 19 heavy (non-hydrogen) atoms. The number of hydrogen-bond acceptors (Lipinski definition) is 5. The minimum absolute atomic E-state index is 0.123. The number of phenols is 1. The van der Waals surface area contributed by atoms with Gasteiger partial charge in [-0.05, 0) is 46.6 Å². The summed E-state index contributed by atoms with van der Waals surface area (Å²) in [6, 6.07) is 6.08. The highest BCUT2D eigenvalue weighted by molar-refractivity contribution is 9.10. The van der Waals surface area contributed by atoms with Crippen LogP contribution in [-0.2, 0) is 0 Å². The van der Waals surface area contributed by atoms with Gasteiger partial charge in [0.1, 0.15) is 5.75 Å². The van der Waals surface area contributed by atoms with Crippen LogP contribution >= 0.6 is 15.9 Å². The minimum Gasteiger partial charge on any atom is -0.508 e. The highest BCUT2D eigenvalue weighted by Crippen LogP contribution is 2.30. The first kappa shape index (κ1) is 13.3. The van der Waals surface area contributed by atoms with Crippen molar-refractivity contribution < 1.29 is 10.0 Å². The largest absolute Gasteiger partial charge is 0.508 e. The molecule has 0 fully saturated rings. The molecule has 0 amide bonds. The fraction of sp³-hybridized carbons (Fsp3) is 0.0833. The molecule has 0 unspecified atom stereocenters. The van der Waals surface area contributed by atoms with Crippen LogP contribution in [0.1, 0.15) is 5.56 Å². The van der Waals surface area contributed by atoms with Crippen LogP contribution in [0.3, 0.4) is 0 Å². The molecule has 0 aliphatic carbocycles. The number of benzene rings is 1. The Kier molecular flexibility index (Phi) is 3.66. The van der Waals surface area contributed by atoms with Gasteiger partial charge in [-0.2, -0.15) is 0 Å². The monoisotopic (exact) mass is 323 g/mol. The number of rotatable bonds is 3. The third-order valence-electron chi connectivity index (χ3n) is 2.49. The molecule has 0 spiro atoms. The molecule has 1 aromatic carbocycles. The summed E-state index contributed by atoms with van der Waals surface area (Å²) < 4.78 is 0.534. The summed E-state index contributed by atoms with van der Waals surface area (Å²) in [6.07, 6.45) is 1.48. The van der Waals surface area contributed by atoms with Gasteiger partial charge < -0.3 is 10.4 Å². The van der Waals surface area contributed by atoms with Crippen LogP contribution in [0.2, 0.25) is 0 Å². The van der Waals surface area contributed by atoms with Crippen molar-refractivity contribution in [3.05, 3.63) is 50.6 Å². The molecule has 2 rings (SSSR count). The number of aromatic nitrogens is 1. The zero-order chi connectivity index (χ0) is 14.0. The van der Waals surface area contributed by atoms with E-state index in [-0.39, 0.29) is 17.3 Å². The van der Waals surface area contributed by atoms with E-state index in [0.717, 1.165) is 5.56 Å². The lowest BCUT2D eigenvalue weighted by atomic mass is 10.2. The Morgan fingerprint density at radius 2 is 2.16 bits per heavy atom. The second-order valence-electron chi connectivity index (χ2n) is 3.90. The summed E-state index contributed by atoms with van der Waals surface area (Å²) in [6.45, 7) is 1.78. The Balaban J connectivity index is 2.40. The lowest BCUT2D eigenvalue weighted by Gasteiger charge is -2.09. The Hall–Kier alpha value is -2.15. The molecule has 0 aliphatic rings. The van der Waals surface area contributed by atoms with E-state index in [2.05, 4.69) is 26.2 Å². The summed E-state index contributed by atoms with van der Waals surface area (Å²) in [5.74, 6) is 0.295. The highest BCUT2D eigenvalue weighted by atomic mass is 79.9. The van der Waals surface area contributed by atoms with Crippen LogP contribution in [0, 0.1) is 17.0 Å². The normalized spacial score (nSPS) is 10.2. The van der Waals surface area contributed by atoms with E-state index >= 15 is 0 Å². The summed E-state index contributed by atoms with van der Waals surface area (Å²) in [5, 5.41) is 23.2. The predicted molar refractivity (Wildman–Crippen MR) is 74.7 cm³/mol. The van der Waals surface area contributed by atoms with E-state index in [1.165, 1.54) is 18.3 Å². The van der Waals surface area contributed by atoms with Crippen LogP contribution in [0.5, 0.6) is 5.75 Å². The number of halogens is 1. The predicted octanol–water partition coefficient (Wildman–Crippen LogP) is 3.51. The van der Waals surface area contributed by atoms with Crippen LogP contribution in [-0.4, -0.2) is 15.0 Å². The van der Waals surface area contributed by atoms with Gasteiger partial charge in [-0.3, -0.25) is 10.1 Å². The van der Waals surface area contributed by atoms with E-state index in [1.807, 2.05) is 0 Å². The third kappa shape index (κ3) is 3.00. The molecule has 0 bridgehead atoms. The number of nitrogens with one attached hydrogen (secondary N) is 1. The average molecular weight is 324 g/mol. The van der Waals surface area contributed by atoms with E-state index in [9.17, 15) is 15.2 Å². The second-order valence-corrected chi connectivity index (χ2v) is 4.82. The SMILES string of the molecule is Cc1cc(O)ccc1Nc1ncc(Br)cc1[N+](=O)[O-]. The third-order valence-corrected chi connectivity index (χ3v) is 2.93. The standard InChI is InChI=1S/C12H10BrN3O3/c1-7-4-9(17)2-3-10(7)15-12-11(16(18)19)5-8(13)6-14-12/h2-6,17H,1H3,(H,14,15). The molecule has 1 heterocycles. The van der Waals surface area contributed by atoms with Crippen LogP contribution < -0.4 is 5.32 Å². The average Bonchev–Trinajstić information content (AvgIpc) is 2.34. The first-order valence-corrected chi connectivity index (χ1v) is 6.13. The van der Waals surface area contributed by atoms with Crippen molar-refractivity contribution in [1.29, 1.82) is 0 Å². The van der Waals surface area contributed by atoms with E-state index < -0.39 is 4.92 Å². The first-order chi connectivity index (χ1) is 8.97. The first-order valence-electron chi connectivity index (χ1n) is 5.34. The molecule has 2 N–H and O–H groups in total. The van der Waals surface area contributed by atoms with E-state index in [4.69, 9.17) is 0 Å². The molecule has 7 heteroatoms. The summed E-state index contributed by atoms with van der Waals surface area (Å²) in [4.78, 5) is 14.5. The van der Waals surface area contributed by atoms with Crippen molar-refractivity contribution in [2.24, 2.45) is 0 Å². The quantitative estimate of drug-likeness (QED) is 0.512. The maximum Gasteiger partial charge on any atom is 0.312 e. The van der Waals surface area contributed by atoms with Crippen molar-refractivity contribution in [3.8, 4) is 5.75 Å². The number of aryl methyl sites for hydroxylation is 1. The second kappa shape index (κ2) is 5.23. The molecule has 2 aromatic rings. The molecule has 6 nitrogen and oxygen atoms in total. The minimum atomic E-state index is -0.504. The number of phenolic OH excluding ortho intramolecular Hbond substituents is 1. The van der Waals surface area contributed by atoms with Crippen LogP contribution in [0.25, 0.3) is 0 Å². The topological polar surface area (TPSA) is 88.3 Å². The zero-order valence-electron chi connectivity index (χ0n) is 9.92. The summed E-state index contributed by atoms with van der Waals surface area (Å²) in [7, 11) is 0. The Morgan fingerprint density at radius 1 is 1.42 bits per heavy atom. The molecule has 1 aromatic heterocycles. The number of anilines is 2. The van der Waals surface area contributed by atoms with Gasteiger partial charge >= 0.3 is 5.69 Å². The van der Waals surface area contributed by atoms with Gasteiger partial charge in [0.2, 0.25) is 5.82 Å².